The number of hydrogen-bond acceptors (Lipinski definition) is 2. The standard InChI is InChI=1S/C22H29NO/c1-2-22(20-11-8-12-21(24)17-20)14-6-7-15-23(18-22)16-13-19-9-4-3-5-10-19/h3-5,8-12,17,24H,2,6-7,13-16,18H2,1H3. The van der Waals surface area contributed by atoms with Gasteiger partial charge in [-0.2, -0.15) is 0 Å². The number of phenols is 1. The first-order chi connectivity index (χ1) is 11.7. The molecule has 2 nitrogen and oxygen atoms in total. The molecule has 0 saturated carbocycles. The molecule has 2 aromatic rings. The third kappa shape index (κ3) is 3.99. The molecule has 1 N–H and O–H groups in total. The normalized spacial score (nSPS) is 22.2. The summed E-state index contributed by atoms with van der Waals surface area (Å²) in [7, 11) is 0. The second-order valence-electron chi connectivity index (χ2n) is 7.15. The largest absolute Gasteiger partial charge is 0.508 e. The highest BCUT2D eigenvalue weighted by molar-refractivity contribution is 5.33. The van der Waals surface area contributed by atoms with E-state index in [0.29, 0.717) is 5.75 Å². The Morgan fingerprint density at radius 1 is 1.04 bits per heavy atom. The Hall–Kier alpha value is -1.80. The van der Waals surface area contributed by atoms with Gasteiger partial charge in [-0.05, 0) is 55.5 Å². The topological polar surface area (TPSA) is 23.5 Å². The van der Waals surface area contributed by atoms with Crippen molar-refractivity contribution in [2.45, 2.75) is 44.4 Å². The molecule has 0 amide bonds. The maximum Gasteiger partial charge on any atom is 0.115 e. The van der Waals surface area contributed by atoms with Gasteiger partial charge in [0.25, 0.3) is 0 Å². The van der Waals surface area contributed by atoms with Gasteiger partial charge in [-0.15, -0.1) is 0 Å². The molecule has 0 aromatic heterocycles. The summed E-state index contributed by atoms with van der Waals surface area (Å²) < 4.78 is 0. The maximum absolute atomic E-state index is 9.93. The zero-order valence-corrected chi connectivity index (χ0v) is 14.7. The van der Waals surface area contributed by atoms with E-state index in [0.717, 1.165) is 25.9 Å². The Balaban J connectivity index is 1.75. The van der Waals surface area contributed by atoms with Gasteiger partial charge < -0.3 is 10.0 Å². The Morgan fingerprint density at radius 3 is 2.62 bits per heavy atom. The zero-order valence-electron chi connectivity index (χ0n) is 14.7. The van der Waals surface area contributed by atoms with Gasteiger partial charge >= 0.3 is 0 Å². The Bertz CT molecular complexity index is 639. The second kappa shape index (κ2) is 7.85. The number of benzene rings is 2. The van der Waals surface area contributed by atoms with Gasteiger partial charge in [0.2, 0.25) is 0 Å². The van der Waals surface area contributed by atoms with Gasteiger partial charge in [-0.3, -0.25) is 0 Å². The van der Waals surface area contributed by atoms with Crippen LogP contribution in [0, 0.1) is 0 Å². The van der Waals surface area contributed by atoms with Crippen LogP contribution in [-0.2, 0) is 11.8 Å². The molecule has 0 radical (unpaired) electrons. The average molecular weight is 323 g/mol. The minimum absolute atomic E-state index is 0.173. The number of likely N-dealkylation sites (tertiary alicyclic amines) is 1. The Morgan fingerprint density at radius 2 is 1.88 bits per heavy atom. The molecule has 1 heterocycles. The molecule has 1 unspecified atom stereocenters. The molecule has 1 aliphatic heterocycles. The summed E-state index contributed by atoms with van der Waals surface area (Å²) in [6.07, 6.45) is 5.99. The molecule has 3 rings (SSSR count). The molecule has 0 aliphatic carbocycles. The molecule has 2 heteroatoms. The van der Waals surface area contributed by atoms with Gasteiger partial charge in [0.1, 0.15) is 5.75 Å². The summed E-state index contributed by atoms with van der Waals surface area (Å²) in [5, 5.41) is 9.93. The monoisotopic (exact) mass is 323 g/mol. The zero-order chi connectivity index (χ0) is 16.8. The van der Waals surface area contributed by atoms with Crippen molar-refractivity contribution < 1.29 is 5.11 Å². The van der Waals surface area contributed by atoms with Crippen LogP contribution in [-0.4, -0.2) is 29.6 Å². The fraction of sp³-hybridized carbons (Fsp3) is 0.455. The lowest BCUT2D eigenvalue weighted by molar-refractivity contribution is 0.220. The summed E-state index contributed by atoms with van der Waals surface area (Å²) in [5.74, 6) is 0.389. The van der Waals surface area contributed by atoms with Crippen LogP contribution in [0.2, 0.25) is 0 Å². The molecule has 1 atom stereocenters. The fourth-order valence-corrected chi connectivity index (χ4v) is 4.07. The first-order valence-electron chi connectivity index (χ1n) is 9.28. The van der Waals surface area contributed by atoms with Crippen molar-refractivity contribution in [1.82, 2.24) is 4.90 Å². The molecule has 24 heavy (non-hydrogen) atoms. The van der Waals surface area contributed by atoms with Gasteiger partial charge in [0, 0.05) is 18.5 Å². The molecular weight excluding hydrogens is 294 g/mol. The molecule has 1 fully saturated rings. The van der Waals surface area contributed by atoms with Crippen molar-refractivity contribution in [3.8, 4) is 5.75 Å². The highest BCUT2D eigenvalue weighted by atomic mass is 16.3. The maximum atomic E-state index is 9.93. The lowest BCUT2D eigenvalue weighted by atomic mass is 9.74. The van der Waals surface area contributed by atoms with E-state index in [9.17, 15) is 5.11 Å². The van der Waals surface area contributed by atoms with Crippen LogP contribution in [0.5, 0.6) is 5.75 Å². The van der Waals surface area contributed by atoms with Crippen LogP contribution in [0.25, 0.3) is 0 Å². The summed E-state index contributed by atoms with van der Waals surface area (Å²) in [6.45, 7) is 5.70. The summed E-state index contributed by atoms with van der Waals surface area (Å²) >= 11 is 0. The highest BCUT2D eigenvalue weighted by Crippen LogP contribution is 2.37. The van der Waals surface area contributed by atoms with Crippen LogP contribution in [0.3, 0.4) is 0 Å². The first kappa shape index (κ1) is 17.0. The predicted octanol–water partition coefficient (Wildman–Crippen LogP) is 4.77. The van der Waals surface area contributed by atoms with E-state index in [-0.39, 0.29) is 5.41 Å². The van der Waals surface area contributed by atoms with Gasteiger partial charge in [-0.25, -0.2) is 0 Å². The number of phenolic OH excluding ortho intramolecular Hbond substituents is 1. The lowest BCUT2D eigenvalue weighted by Gasteiger charge is -2.36. The van der Waals surface area contributed by atoms with Crippen LogP contribution in [0.1, 0.15) is 43.7 Å². The molecular formula is C22H29NO. The van der Waals surface area contributed by atoms with Gasteiger partial charge in [0.15, 0.2) is 0 Å². The molecule has 0 spiro atoms. The molecule has 0 bridgehead atoms. The molecule has 128 valence electrons. The van der Waals surface area contributed by atoms with Crippen molar-refractivity contribution >= 4 is 0 Å². The van der Waals surface area contributed by atoms with Crippen molar-refractivity contribution in [3.63, 3.8) is 0 Å². The van der Waals surface area contributed by atoms with Crippen LogP contribution in [0.15, 0.2) is 54.6 Å². The smallest absolute Gasteiger partial charge is 0.115 e. The third-order valence-electron chi connectivity index (χ3n) is 5.60. The van der Waals surface area contributed by atoms with Crippen molar-refractivity contribution in [1.29, 1.82) is 0 Å². The highest BCUT2D eigenvalue weighted by Gasteiger charge is 2.34. The minimum atomic E-state index is 0.173. The van der Waals surface area contributed by atoms with E-state index in [1.165, 1.54) is 36.9 Å². The number of nitrogens with zero attached hydrogens (tertiary/aromatic N) is 1. The number of hydrogen-bond donors (Lipinski definition) is 1. The first-order valence-corrected chi connectivity index (χ1v) is 9.28. The summed E-state index contributed by atoms with van der Waals surface area (Å²) in [6, 6.07) is 18.7. The second-order valence-corrected chi connectivity index (χ2v) is 7.15. The third-order valence-corrected chi connectivity index (χ3v) is 5.60. The molecule has 2 aromatic carbocycles. The Kier molecular flexibility index (Phi) is 5.57. The number of aromatic hydroxyl groups is 1. The van der Waals surface area contributed by atoms with E-state index in [2.05, 4.69) is 48.2 Å². The van der Waals surface area contributed by atoms with Crippen LogP contribution < -0.4 is 0 Å². The van der Waals surface area contributed by atoms with E-state index in [1.54, 1.807) is 6.07 Å². The van der Waals surface area contributed by atoms with E-state index in [1.807, 2.05) is 12.1 Å². The van der Waals surface area contributed by atoms with Crippen LogP contribution >= 0.6 is 0 Å². The van der Waals surface area contributed by atoms with Gasteiger partial charge in [-0.1, -0.05) is 55.8 Å². The van der Waals surface area contributed by atoms with Crippen molar-refractivity contribution in [2.24, 2.45) is 0 Å². The van der Waals surface area contributed by atoms with Crippen LogP contribution in [0.4, 0.5) is 0 Å². The predicted molar refractivity (Wildman–Crippen MR) is 101 cm³/mol. The Labute approximate surface area is 146 Å². The SMILES string of the molecule is CCC1(c2cccc(O)c2)CCCCN(CCc2ccccc2)C1. The number of rotatable bonds is 5. The minimum Gasteiger partial charge on any atom is -0.508 e. The lowest BCUT2D eigenvalue weighted by Crippen LogP contribution is -2.40. The molecule has 1 aliphatic rings. The van der Waals surface area contributed by atoms with Gasteiger partial charge in [0.05, 0.1) is 0 Å². The quantitative estimate of drug-likeness (QED) is 0.857. The summed E-state index contributed by atoms with van der Waals surface area (Å²) in [4.78, 5) is 2.63. The van der Waals surface area contributed by atoms with E-state index in [4.69, 9.17) is 0 Å². The van der Waals surface area contributed by atoms with Crippen molar-refractivity contribution in [3.05, 3.63) is 65.7 Å². The fourth-order valence-electron chi connectivity index (χ4n) is 4.07. The van der Waals surface area contributed by atoms with Crippen molar-refractivity contribution in [2.75, 3.05) is 19.6 Å². The average Bonchev–Trinajstić information content (AvgIpc) is 2.84. The van der Waals surface area contributed by atoms with E-state index < -0.39 is 0 Å². The summed E-state index contributed by atoms with van der Waals surface area (Å²) in [5.41, 5.74) is 2.89. The van der Waals surface area contributed by atoms with E-state index >= 15 is 0 Å². The molecule has 1 saturated heterocycles.